The number of hydrogen-bond acceptors (Lipinski definition) is 4. The molecule has 2 rings (SSSR count). The van der Waals surface area contributed by atoms with Crippen molar-refractivity contribution >= 4 is 28.3 Å². The van der Waals surface area contributed by atoms with Crippen LogP contribution in [0, 0.1) is 0 Å². The number of benzene rings is 1. The zero-order valence-electron chi connectivity index (χ0n) is 14.0. The Morgan fingerprint density at radius 2 is 2.00 bits per heavy atom. The highest BCUT2D eigenvalue weighted by Crippen LogP contribution is 2.12. The van der Waals surface area contributed by atoms with Crippen LogP contribution in [0.15, 0.2) is 29.2 Å². The standard InChI is InChI=1S/C16H25N3O3S.ClH/c1-3-12(2)19-23(21,22)15-8-6-13(7-9-15)16(20)18-14-5-4-10-17-11-14;/h6-9,12,14,17,19H,3-5,10-11H2,1-2H3,(H,18,20);1H/t12?,14-;/m0./s1. The Labute approximate surface area is 150 Å². The largest absolute Gasteiger partial charge is 0.348 e. The van der Waals surface area contributed by atoms with Gasteiger partial charge in [-0.05, 0) is 57.0 Å². The molecule has 1 aromatic rings. The minimum Gasteiger partial charge on any atom is -0.348 e. The molecule has 1 heterocycles. The highest BCUT2D eigenvalue weighted by Gasteiger charge is 2.19. The van der Waals surface area contributed by atoms with Gasteiger partial charge in [0.05, 0.1) is 4.90 Å². The number of nitrogens with one attached hydrogen (secondary N) is 3. The molecule has 0 spiro atoms. The van der Waals surface area contributed by atoms with Crippen LogP contribution in [0.4, 0.5) is 0 Å². The molecule has 0 aromatic heterocycles. The summed E-state index contributed by atoms with van der Waals surface area (Å²) in [6, 6.07) is 6.05. The number of carbonyl (C=O) groups excluding carboxylic acids is 1. The topological polar surface area (TPSA) is 87.3 Å². The molecule has 1 aromatic carbocycles. The highest BCUT2D eigenvalue weighted by molar-refractivity contribution is 7.89. The number of carbonyl (C=O) groups is 1. The molecule has 2 atom stereocenters. The van der Waals surface area contributed by atoms with Crippen molar-refractivity contribution in [1.29, 1.82) is 0 Å². The molecule has 8 heteroatoms. The number of amides is 1. The number of halogens is 1. The minimum absolute atomic E-state index is 0. The van der Waals surface area contributed by atoms with Crippen LogP contribution in [0.5, 0.6) is 0 Å². The molecule has 1 unspecified atom stereocenters. The maximum atomic E-state index is 12.2. The molecule has 6 nitrogen and oxygen atoms in total. The van der Waals surface area contributed by atoms with Gasteiger partial charge in [-0.25, -0.2) is 13.1 Å². The van der Waals surface area contributed by atoms with Gasteiger partial charge in [-0.3, -0.25) is 4.79 Å². The van der Waals surface area contributed by atoms with Crippen LogP contribution >= 0.6 is 12.4 Å². The summed E-state index contributed by atoms with van der Waals surface area (Å²) in [6.07, 6.45) is 2.72. The van der Waals surface area contributed by atoms with E-state index in [1.165, 1.54) is 12.1 Å². The van der Waals surface area contributed by atoms with E-state index in [0.717, 1.165) is 32.4 Å². The third-order valence-electron chi connectivity index (χ3n) is 4.03. The Morgan fingerprint density at radius 1 is 1.33 bits per heavy atom. The summed E-state index contributed by atoms with van der Waals surface area (Å²) < 4.78 is 27.0. The summed E-state index contributed by atoms with van der Waals surface area (Å²) in [5, 5.41) is 6.21. The molecule has 1 saturated heterocycles. The van der Waals surface area contributed by atoms with E-state index in [0.29, 0.717) is 5.56 Å². The SMILES string of the molecule is CCC(C)NS(=O)(=O)c1ccc(C(=O)N[C@H]2CCCNC2)cc1.Cl. The van der Waals surface area contributed by atoms with Gasteiger partial charge in [0.2, 0.25) is 10.0 Å². The predicted octanol–water partition coefficient (Wildman–Crippen LogP) is 1.67. The lowest BCUT2D eigenvalue weighted by atomic mass is 10.1. The average Bonchev–Trinajstić information content (AvgIpc) is 2.55. The van der Waals surface area contributed by atoms with Crippen LogP contribution in [-0.4, -0.2) is 39.5 Å². The fraction of sp³-hybridized carbons (Fsp3) is 0.562. The monoisotopic (exact) mass is 375 g/mol. The van der Waals surface area contributed by atoms with E-state index < -0.39 is 10.0 Å². The molecule has 1 aliphatic heterocycles. The first kappa shape index (κ1) is 20.9. The van der Waals surface area contributed by atoms with Gasteiger partial charge in [0.25, 0.3) is 5.91 Å². The molecule has 1 aliphatic rings. The Hall–Kier alpha value is -1.15. The Morgan fingerprint density at radius 3 is 2.54 bits per heavy atom. The molecule has 1 fully saturated rings. The van der Waals surface area contributed by atoms with Crippen molar-refractivity contribution in [1.82, 2.24) is 15.4 Å². The lowest BCUT2D eigenvalue weighted by molar-refractivity contribution is 0.0930. The predicted molar refractivity (Wildman–Crippen MR) is 97.1 cm³/mol. The van der Waals surface area contributed by atoms with Crippen molar-refractivity contribution in [2.24, 2.45) is 0 Å². The fourth-order valence-electron chi connectivity index (χ4n) is 2.45. The molecule has 0 bridgehead atoms. The van der Waals surface area contributed by atoms with E-state index in [1.807, 2.05) is 13.8 Å². The molecular formula is C16H26ClN3O3S. The van der Waals surface area contributed by atoms with E-state index in [4.69, 9.17) is 0 Å². The smallest absolute Gasteiger partial charge is 0.251 e. The lowest BCUT2D eigenvalue weighted by Gasteiger charge is -2.23. The van der Waals surface area contributed by atoms with Crippen molar-refractivity contribution in [2.45, 2.75) is 50.1 Å². The number of hydrogen-bond donors (Lipinski definition) is 3. The quantitative estimate of drug-likeness (QED) is 0.705. The van der Waals surface area contributed by atoms with Crippen molar-refractivity contribution in [3.63, 3.8) is 0 Å². The van der Waals surface area contributed by atoms with Gasteiger partial charge in [0.15, 0.2) is 0 Å². The molecule has 0 aliphatic carbocycles. The number of sulfonamides is 1. The normalized spacial score (nSPS) is 19.2. The van der Waals surface area contributed by atoms with Crippen molar-refractivity contribution in [3.8, 4) is 0 Å². The van der Waals surface area contributed by atoms with E-state index in [9.17, 15) is 13.2 Å². The second-order valence-electron chi connectivity index (χ2n) is 5.97. The summed E-state index contributed by atoms with van der Waals surface area (Å²) in [5.74, 6) is -0.169. The highest BCUT2D eigenvalue weighted by atomic mass is 35.5. The first-order valence-electron chi connectivity index (χ1n) is 8.06. The average molecular weight is 376 g/mol. The van der Waals surface area contributed by atoms with Gasteiger partial charge in [-0.2, -0.15) is 0 Å². The van der Waals surface area contributed by atoms with Crippen molar-refractivity contribution in [3.05, 3.63) is 29.8 Å². The van der Waals surface area contributed by atoms with Gasteiger partial charge in [-0.15, -0.1) is 12.4 Å². The maximum absolute atomic E-state index is 12.2. The summed E-state index contributed by atoms with van der Waals surface area (Å²) in [6.45, 7) is 5.50. The van der Waals surface area contributed by atoms with E-state index in [-0.39, 0.29) is 35.3 Å². The van der Waals surface area contributed by atoms with Gasteiger partial charge in [-0.1, -0.05) is 6.92 Å². The summed E-state index contributed by atoms with van der Waals surface area (Å²) >= 11 is 0. The van der Waals surface area contributed by atoms with E-state index >= 15 is 0 Å². The first-order chi connectivity index (χ1) is 10.9. The summed E-state index contributed by atoms with van der Waals surface area (Å²) in [4.78, 5) is 12.4. The van der Waals surface area contributed by atoms with Crippen LogP contribution in [-0.2, 0) is 10.0 Å². The number of rotatable bonds is 6. The zero-order chi connectivity index (χ0) is 16.9. The second-order valence-corrected chi connectivity index (χ2v) is 7.69. The van der Waals surface area contributed by atoms with Gasteiger partial charge in [0, 0.05) is 24.2 Å². The Balaban J connectivity index is 0.00000288. The van der Waals surface area contributed by atoms with Crippen LogP contribution in [0.1, 0.15) is 43.5 Å². The summed E-state index contributed by atoms with van der Waals surface area (Å²) in [5.41, 5.74) is 0.470. The molecule has 1 amide bonds. The third kappa shape index (κ3) is 5.73. The summed E-state index contributed by atoms with van der Waals surface area (Å²) in [7, 11) is -3.53. The van der Waals surface area contributed by atoms with Crippen LogP contribution < -0.4 is 15.4 Å². The molecule has 0 radical (unpaired) electrons. The Kier molecular flexibility index (Phi) is 8.15. The van der Waals surface area contributed by atoms with E-state index in [2.05, 4.69) is 15.4 Å². The molecular weight excluding hydrogens is 350 g/mol. The van der Waals surface area contributed by atoms with Gasteiger partial charge >= 0.3 is 0 Å². The first-order valence-corrected chi connectivity index (χ1v) is 9.54. The fourth-order valence-corrected chi connectivity index (χ4v) is 3.77. The van der Waals surface area contributed by atoms with Crippen molar-refractivity contribution in [2.75, 3.05) is 13.1 Å². The molecule has 24 heavy (non-hydrogen) atoms. The van der Waals surface area contributed by atoms with Crippen LogP contribution in [0.2, 0.25) is 0 Å². The Bertz CT molecular complexity index is 628. The molecule has 3 N–H and O–H groups in total. The van der Waals surface area contributed by atoms with Crippen LogP contribution in [0.25, 0.3) is 0 Å². The van der Waals surface area contributed by atoms with E-state index in [1.54, 1.807) is 12.1 Å². The third-order valence-corrected chi connectivity index (χ3v) is 5.63. The second kappa shape index (κ2) is 9.36. The molecule has 0 saturated carbocycles. The van der Waals surface area contributed by atoms with Crippen molar-refractivity contribution < 1.29 is 13.2 Å². The number of piperidine rings is 1. The minimum atomic E-state index is -3.53. The maximum Gasteiger partial charge on any atom is 0.251 e. The van der Waals surface area contributed by atoms with Gasteiger partial charge < -0.3 is 10.6 Å². The van der Waals surface area contributed by atoms with Crippen LogP contribution in [0.3, 0.4) is 0 Å². The molecule has 136 valence electrons. The zero-order valence-corrected chi connectivity index (χ0v) is 15.7. The van der Waals surface area contributed by atoms with Gasteiger partial charge in [0.1, 0.15) is 0 Å². The lowest BCUT2D eigenvalue weighted by Crippen LogP contribution is -2.45.